The van der Waals surface area contributed by atoms with E-state index in [9.17, 15) is 9.59 Å². The van der Waals surface area contributed by atoms with Gasteiger partial charge >= 0.3 is 0 Å². The average Bonchev–Trinajstić information content (AvgIpc) is 2.45. The molecule has 1 heterocycles. The summed E-state index contributed by atoms with van der Waals surface area (Å²) >= 11 is 0. The van der Waals surface area contributed by atoms with Crippen LogP contribution < -0.4 is 16.0 Å². The molecule has 0 aliphatic carbocycles. The summed E-state index contributed by atoms with van der Waals surface area (Å²) in [6, 6.07) is 2.86. The van der Waals surface area contributed by atoms with Crippen LogP contribution in [0.2, 0.25) is 0 Å². The summed E-state index contributed by atoms with van der Waals surface area (Å²) in [5.74, 6) is 0.158. The van der Waals surface area contributed by atoms with Gasteiger partial charge in [-0.15, -0.1) is 0 Å². The summed E-state index contributed by atoms with van der Waals surface area (Å²) < 4.78 is 0. The zero-order valence-corrected chi connectivity index (χ0v) is 13.3. The molecule has 21 heavy (non-hydrogen) atoms. The molecule has 0 radical (unpaired) electrons. The second kappa shape index (κ2) is 7.61. The van der Waals surface area contributed by atoms with Crippen LogP contribution in [0.15, 0.2) is 12.1 Å². The van der Waals surface area contributed by atoms with Gasteiger partial charge in [0.15, 0.2) is 0 Å². The lowest BCUT2D eigenvalue weighted by molar-refractivity contribution is -0.123. The molecule has 0 saturated carbocycles. The zero-order chi connectivity index (χ0) is 16.0. The van der Waals surface area contributed by atoms with Crippen LogP contribution in [0.5, 0.6) is 0 Å². The molecule has 0 fully saturated rings. The summed E-state index contributed by atoms with van der Waals surface area (Å²) in [7, 11) is 1.75. The summed E-state index contributed by atoms with van der Waals surface area (Å²) in [6.07, 6.45) is 0.735. The maximum atomic E-state index is 12.2. The predicted octanol–water partition coefficient (Wildman–Crippen LogP) is 1.33. The van der Waals surface area contributed by atoms with Crippen LogP contribution >= 0.6 is 0 Å². The molecule has 0 spiro atoms. The van der Waals surface area contributed by atoms with E-state index >= 15 is 0 Å². The van der Waals surface area contributed by atoms with Gasteiger partial charge in [0.25, 0.3) is 5.91 Å². The lowest BCUT2D eigenvalue weighted by atomic mass is 10.1. The zero-order valence-electron chi connectivity index (χ0n) is 13.3. The van der Waals surface area contributed by atoms with Gasteiger partial charge in [0.05, 0.1) is 0 Å². The van der Waals surface area contributed by atoms with Gasteiger partial charge in [-0.1, -0.05) is 6.92 Å². The number of rotatable bonds is 6. The minimum atomic E-state index is -0.587. The van der Waals surface area contributed by atoms with Crippen LogP contribution in [0.3, 0.4) is 0 Å². The third kappa shape index (κ3) is 5.06. The highest BCUT2D eigenvalue weighted by Gasteiger charge is 2.18. The standard InChI is InChI=1S/C15H24N4O2/c1-6-12-7-11(8-13(16-5)19-12)15(21)18-10(4)14(20)17-9(2)3/h7-10H,6H2,1-5H3,(H,16,19)(H,17,20)(H,18,21). The Morgan fingerprint density at radius 2 is 1.86 bits per heavy atom. The Morgan fingerprint density at radius 3 is 2.38 bits per heavy atom. The number of aromatic nitrogens is 1. The Labute approximate surface area is 125 Å². The molecule has 3 N–H and O–H groups in total. The van der Waals surface area contributed by atoms with Crippen LogP contribution in [0, 0.1) is 0 Å². The van der Waals surface area contributed by atoms with Gasteiger partial charge < -0.3 is 16.0 Å². The molecule has 1 aromatic rings. The van der Waals surface area contributed by atoms with Crippen LogP contribution in [-0.2, 0) is 11.2 Å². The molecule has 1 unspecified atom stereocenters. The Hall–Kier alpha value is -2.11. The number of carbonyl (C=O) groups excluding carboxylic acids is 2. The fourth-order valence-corrected chi connectivity index (χ4v) is 1.78. The number of pyridine rings is 1. The van der Waals surface area contributed by atoms with E-state index in [2.05, 4.69) is 20.9 Å². The second-order valence-corrected chi connectivity index (χ2v) is 5.19. The van der Waals surface area contributed by atoms with E-state index in [0.29, 0.717) is 11.4 Å². The highest BCUT2D eigenvalue weighted by atomic mass is 16.2. The first-order chi connectivity index (χ1) is 9.87. The van der Waals surface area contributed by atoms with Crippen molar-refractivity contribution in [3.05, 3.63) is 23.4 Å². The molecule has 2 amide bonds. The molecule has 1 rings (SSSR count). The van der Waals surface area contributed by atoms with E-state index in [1.165, 1.54) is 0 Å². The number of amides is 2. The molecular weight excluding hydrogens is 268 g/mol. The fourth-order valence-electron chi connectivity index (χ4n) is 1.78. The molecule has 0 aromatic carbocycles. The van der Waals surface area contributed by atoms with Crippen molar-refractivity contribution in [1.82, 2.24) is 15.6 Å². The fraction of sp³-hybridized carbons (Fsp3) is 0.533. The lowest BCUT2D eigenvalue weighted by Gasteiger charge is -2.16. The van der Waals surface area contributed by atoms with Crippen LogP contribution in [0.4, 0.5) is 5.82 Å². The first-order valence-corrected chi connectivity index (χ1v) is 7.17. The molecule has 0 bridgehead atoms. The maximum absolute atomic E-state index is 12.2. The SMILES string of the molecule is CCc1cc(C(=O)NC(C)C(=O)NC(C)C)cc(NC)n1. The Balaban J connectivity index is 2.81. The van der Waals surface area contributed by atoms with E-state index in [1.54, 1.807) is 26.1 Å². The van der Waals surface area contributed by atoms with Crippen molar-refractivity contribution in [3.63, 3.8) is 0 Å². The van der Waals surface area contributed by atoms with Crippen molar-refractivity contribution in [1.29, 1.82) is 0 Å². The Kier molecular flexibility index (Phi) is 6.14. The van der Waals surface area contributed by atoms with Crippen LogP contribution in [0.25, 0.3) is 0 Å². The summed E-state index contributed by atoms with van der Waals surface area (Å²) in [5.41, 5.74) is 1.32. The van der Waals surface area contributed by atoms with Gasteiger partial charge in [-0.2, -0.15) is 0 Å². The summed E-state index contributed by atoms with van der Waals surface area (Å²) in [6.45, 7) is 7.39. The first-order valence-electron chi connectivity index (χ1n) is 7.17. The molecule has 0 saturated heterocycles. The van der Waals surface area contributed by atoms with Gasteiger partial charge in [-0.05, 0) is 39.3 Å². The monoisotopic (exact) mass is 292 g/mol. The average molecular weight is 292 g/mol. The van der Waals surface area contributed by atoms with E-state index in [4.69, 9.17) is 0 Å². The van der Waals surface area contributed by atoms with E-state index in [-0.39, 0.29) is 17.9 Å². The lowest BCUT2D eigenvalue weighted by Crippen LogP contribution is -2.46. The molecule has 6 nitrogen and oxygen atoms in total. The van der Waals surface area contributed by atoms with Crippen molar-refractivity contribution < 1.29 is 9.59 Å². The minimum absolute atomic E-state index is 0.0420. The quantitative estimate of drug-likeness (QED) is 0.738. The smallest absolute Gasteiger partial charge is 0.252 e. The van der Waals surface area contributed by atoms with Crippen molar-refractivity contribution in [2.45, 2.75) is 46.2 Å². The van der Waals surface area contributed by atoms with E-state index in [1.807, 2.05) is 20.8 Å². The minimum Gasteiger partial charge on any atom is -0.373 e. The van der Waals surface area contributed by atoms with Gasteiger partial charge in [0, 0.05) is 24.3 Å². The number of nitrogens with zero attached hydrogens (tertiary/aromatic N) is 1. The molecule has 6 heteroatoms. The van der Waals surface area contributed by atoms with Gasteiger partial charge in [-0.3, -0.25) is 9.59 Å². The Morgan fingerprint density at radius 1 is 1.19 bits per heavy atom. The van der Waals surface area contributed by atoms with Gasteiger partial charge in [-0.25, -0.2) is 4.98 Å². The van der Waals surface area contributed by atoms with Crippen molar-refractivity contribution in [3.8, 4) is 0 Å². The van der Waals surface area contributed by atoms with Crippen LogP contribution in [-0.4, -0.2) is 35.9 Å². The molecule has 1 aromatic heterocycles. The molecule has 0 aliphatic heterocycles. The molecule has 1 atom stereocenters. The predicted molar refractivity (Wildman–Crippen MR) is 83.4 cm³/mol. The number of anilines is 1. The van der Waals surface area contributed by atoms with E-state index in [0.717, 1.165) is 12.1 Å². The van der Waals surface area contributed by atoms with Crippen molar-refractivity contribution >= 4 is 17.6 Å². The highest BCUT2D eigenvalue weighted by Crippen LogP contribution is 2.11. The highest BCUT2D eigenvalue weighted by molar-refractivity contribution is 5.98. The molecule has 0 aliphatic rings. The second-order valence-electron chi connectivity index (χ2n) is 5.19. The Bertz CT molecular complexity index is 492. The van der Waals surface area contributed by atoms with Crippen molar-refractivity contribution in [2.24, 2.45) is 0 Å². The van der Waals surface area contributed by atoms with Gasteiger partial charge in [0.1, 0.15) is 11.9 Å². The normalized spacial score (nSPS) is 11.9. The molecular formula is C15H24N4O2. The van der Waals surface area contributed by atoms with Gasteiger partial charge in [0.2, 0.25) is 5.91 Å². The number of carbonyl (C=O) groups is 2. The summed E-state index contributed by atoms with van der Waals surface area (Å²) in [5, 5.41) is 8.39. The van der Waals surface area contributed by atoms with E-state index < -0.39 is 6.04 Å². The third-order valence-corrected chi connectivity index (χ3v) is 2.93. The number of aryl methyl sites for hydroxylation is 1. The summed E-state index contributed by atoms with van der Waals surface area (Å²) in [4.78, 5) is 28.4. The molecule has 116 valence electrons. The number of hydrogen-bond donors (Lipinski definition) is 3. The van der Waals surface area contributed by atoms with Crippen LogP contribution in [0.1, 0.15) is 43.7 Å². The first kappa shape index (κ1) is 16.9. The maximum Gasteiger partial charge on any atom is 0.252 e. The largest absolute Gasteiger partial charge is 0.373 e. The topological polar surface area (TPSA) is 83.1 Å². The third-order valence-electron chi connectivity index (χ3n) is 2.93. The van der Waals surface area contributed by atoms with Crippen molar-refractivity contribution in [2.75, 3.05) is 12.4 Å². The number of nitrogens with one attached hydrogen (secondary N) is 3. The number of hydrogen-bond acceptors (Lipinski definition) is 4.